The molecule has 5 nitrogen and oxygen atoms in total. The molecule has 0 aliphatic heterocycles. The van der Waals surface area contributed by atoms with Gasteiger partial charge in [0.25, 0.3) is 0 Å². The van der Waals surface area contributed by atoms with E-state index in [1.807, 2.05) is 20.8 Å². The minimum Gasteiger partial charge on any atom is -0.382 e. The van der Waals surface area contributed by atoms with Gasteiger partial charge in [0.1, 0.15) is 6.10 Å². The third kappa shape index (κ3) is 3.64. The number of aliphatic hydroxyl groups is 1. The largest absolute Gasteiger partial charge is 0.382 e. The maximum Gasteiger partial charge on any atom is 0.229 e. The minimum absolute atomic E-state index is 0.134. The number of anilines is 1. The molecule has 0 fully saturated rings. The third-order valence-corrected chi connectivity index (χ3v) is 3.05. The first-order valence-corrected chi connectivity index (χ1v) is 6.74. The zero-order chi connectivity index (χ0) is 15.5. The van der Waals surface area contributed by atoms with E-state index in [1.165, 1.54) is 6.20 Å². The van der Waals surface area contributed by atoms with Gasteiger partial charge in [-0.25, -0.2) is 0 Å². The number of carbonyl (C=O) groups is 1. The van der Waals surface area contributed by atoms with E-state index in [9.17, 15) is 9.90 Å². The molecule has 0 aliphatic rings. The number of aromatic nitrogens is 2. The van der Waals surface area contributed by atoms with Gasteiger partial charge >= 0.3 is 0 Å². The zero-order valence-electron chi connectivity index (χ0n) is 12.4. The van der Waals surface area contributed by atoms with Crippen LogP contribution in [0.1, 0.15) is 38.1 Å². The maximum atomic E-state index is 12.1. The number of nitrogens with one attached hydrogen (secondary N) is 1. The average Bonchev–Trinajstić information content (AvgIpc) is 2.47. The fraction of sp³-hybridized carbons (Fsp3) is 0.312. The highest BCUT2D eigenvalue weighted by Gasteiger charge is 2.23. The number of hydrogen-bond acceptors (Lipinski definition) is 4. The van der Waals surface area contributed by atoms with Crippen LogP contribution < -0.4 is 5.32 Å². The van der Waals surface area contributed by atoms with Crippen LogP contribution in [0.5, 0.6) is 0 Å². The Labute approximate surface area is 124 Å². The Morgan fingerprint density at radius 3 is 2.62 bits per heavy atom. The van der Waals surface area contributed by atoms with Crippen LogP contribution in [0, 0.1) is 5.41 Å². The summed E-state index contributed by atoms with van der Waals surface area (Å²) in [5.74, 6) is -0.134. The van der Waals surface area contributed by atoms with Crippen LogP contribution in [0.15, 0.2) is 42.9 Å². The van der Waals surface area contributed by atoms with Crippen LogP contribution in [-0.4, -0.2) is 21.0 Å². The minimum atomic E-state index is -0.913. The number of amides is 1. The second kappa shape index (κ2) is 6.01. The van der Waals surface area contributed by atoms with E-state index in [2.05, 4.69) is 15.3 Å². The van der Waals surface area contributed by atoms with Gasteiger partial charge in [-0.3, -0.25) is 14.8 Å². The van der Waals surface area contributed by atoms with Crippen molar-refractivity contribution in [3.05, 3.63) is 54.1 Å². The Hall–Kier alpha value is -2.27. The van der Waals surface area contributed by atoms with Crippen LogP contribution in [0.4, 0.5) is 5.69 Å². The van der Waals surface area contributed by atoms with E-state index in [4.69, 9.17) is 0 Å². The molecule has 1 atom stereocenters. The third-order valence-electron chi connectivity index (χ3n) is 3.05. The van der Waals surface area contributed by atoms with Crippen molar-refractivity contribution in [3.63, 3.8) is 0 Å². The standard InChI is InChI=1S/C16H19N3O2/c1-16(2,3)15(21)19-13-10-17-9-7-11(13)14(20)12-6-4-5-8-18-12/h4-10,14,20H,1-3H3,(H,19,21). The Balaban J connectivity index is 2.31. The number of carbonyl (C=O) groups excluding carboxylic acids is 1. The normalized spacial score (nSPS) is 12.8. The molecule has 2 heterocycles. The smallest absolute Gasteiger partial charge is 0.229 e. The highest BCUT2D eigenvalue weighted by molar-refractivity contribution is 5.95. The molecule has 2 N–H and O–H groups in total. The lowest BCUT2D eigenvalue weighted by molar-refractivity contribution is -0.123. The van der Waals surface area contributed by atoms with Crippen molar-refractivity contribution in [1.82, 2.24) is 9.97 Å². The van der Waals surface area contributed by atoms with Gasteiger partial charge in [-0.2, -0.15) is 0 Å². The Morgan fingerprint density at radius 1 is 1.24 bits per heavy atom. The lowest BCUT2D eigenvalue weighted by Gasteiger charge is -2.20. The molecule has 0 bridgehead atoms. The van der Waals surface area contributed by atoms with Crippen LogP contribution in [0.3, 0.4) is 0 Å². The van der Waals surface area contributed by atoms with E-state index >= 15 is 0 Å². The van der Waals surface area contributed by atoms with Gasteiger partial charge in [0.05, 0.1) is 17.6 Å². The molecule has 1 amide bonds. The predicted molar refractivity (Wildman–Crippen MR) is 80.6 cm³/mol. The molecule has 0 saturated heterocycles. The Bertz CT molecular complexity index is 621. The van der Waals surface area contributed by atoms with E-state index in [1.54, 1.807) is 36.7 Å². The number of hydrogen-bond donors (Lipinski definition) is 2. The first-order valence-electron chi connectivity index (χ1n) is 6.74. The Morgan fingerprint density at radius 2 is 2.00 bits per heavy atom. The van der Waals surface area contributed by atoms with Crippen molar-refractivity contribution in [2.45, 2.75) is 26.9 Å². The van der Waals surface area contributed by atoms with Gasteiger partial charge in [0.15, 0.2) is 0 Å². The number of nitrogens with zero attached hydrogens (tertiary/aromatic N) is 2. The summed E-state index contributed by atoms with van der Waals surface area (Å²) in [7, 11) is 0. The molecule has 21 heavy (non-hydrogen) atoms. The molecule has 0 aliphatic carbocycles. The van der Waals surface area contributed by atoms with E-state index in [-0.39, 0.29) is 5.91 Å². The lowest BCUT2D eigenvalue weighted by Crippen LogP contribution is -2.28. The molecule has 110 valence electrons. The summed E-state index contributed by atoms with van der Waals surface area (Å²) in [6, 6.07) is 7.00. The highest BCUT2D eigenvalue weighted by Crippen LogP contribution is 2.27. The molecule has 0 aromatic carbocycles. The van der Waals surface area contributed by atoms with Gasteiger partial charge in [0, 0.05) is 23.4 Å². The van der Waals surface area contributed by atoms with Crippen LogP contribution in [0.25, 0.3) is 0 Å². The fourth-order valence-electron chi connectivity index (χ4n) is 1.75. The molecule has 5 heteroatoms. The number of rotatable bonds is 3. The first kappa shape index (κ1) is 15.1. The second-order valence-electron chi connectivity index (χ2n) is 5.82. The summed E-state index contributed by atoms with van der Waals surface area (Å²) in [4.78, 5) is 20.3. The van der Waals surface area contributed by atoms with E-state index < -0.39 is 11.5 Å². The van der Waals surface area contributed by atoms with Crippen molar-refractivity contribution in [2.24, 2.45) is 5.41 Å². The van der Waals surface area contributed by atoms with Crippen LogP contribution in [-0.2, 0) is 4.79 Å². The maximum absolute atomic E-state index is 12.1. The molecule has 2 aromatic heterocycles. The molecule has 0 radical (unpaired) electrons. The van der Waals surface area contributed by atoms with Crippen molar-refractivity contribution >= 4 is 11.6 Å². The first-order chi connectivity index (χ1) is 9.89. The molecular weight excluding hydrogens is 266 g/mol. The summed E-state index contributed by atoms with van der Waals surface area (Å²) in [6.07, 6.45) is 3.82. The topological polar surface area (TPSA) is 75.1 Å². The average molecular weight is 285 g/mol. The molecule has 2 aromatic rings. The number of aliphatic hydroxyl groups excluding tert-OH is 1. The predicted octanol–water partition coefficient (Wildman–Crippen LogP) is 2.54. The summed E-state index contributed by atoms with van der Waals surface area (Å²) in [5, 5.41) is 13.3. The second-order valence-corrected chi connectivity index (χ2v) is 5.82. The van der Waals surface area contributed by atoms with Gasteiger partial charge in [-0.15, -0.1) is 0 Å². The molecule has 1 unspecified atom stereocenters. The van der Waals surface area contributed by atoms with Crippen LogP contribution >= 0.6 is 0 Å². The van der Waals surface area contributed by atoms with Gasteiger partial charge in [-0.1, -0.05) is 26.8 Å². The van der Waals surface area contributed by atoms with Crippen LogP contribution in [0.2, 0.25) is 0 Å². The molecule has 0 spiro atoms. The van der Waals surface area contributed by atoms with Crippen molar-refractivity contribution in [3.8, 4) is 0 Å². The SMILES string of the molecule is CC(C)(C)C(=O)Nc1cnccc1C(O)c1ccccn1. The Kier molecular flexibility index (Phi) is 4.33. The molecule has 0 saturated carbocycles. The summed E-state index contributed by atoms with van der Waals surface area (Å²) in [6.45, 7) is 5.48. The van der Waals surface area contributed by atoms with Crippen molar-refractivity contribution in [2.75, 3.05) is 5.32 Å². The molecule has 2 rings (SSSR count). The highest BCUT2D eigenvalue weighted by atomic mass is 16.3. The quantitative estimate of drug-likeness (QED) is 0.908. The van der Waals surface area contributed by atoms with Gasteiger partial charge < -0.3 is 10.4 Å². The zero-order valence-corrected chi connectivity index (χ0v) is 12.4. The molecular formula is C16H19N3O2. The number of pyridine rings is 2. The fourth-order valence-corrected chi connectivity index (χ4v) is 1.75. The van der Waals surface area contributed by atoms with Gasteiger partial charge in [0.2, 0.25) is 5.91 Å². The van der Waals surface area contributed by atoms with E-state index in [0.717, 1.165) is 0 Å². The monoisotopic (exact) mass is 285 g/mol. The van der Waals surface area contributed by atoms with Gasteiger partial charge in [-0.05, 0) is 18.2 Å². The lowest BCUT2D eigenvalue weighted by atomic mass is 9.95. The summed E-state index contributed by atoms with van der Waals surface area (Å²) >= 11 is 0. The van der Waals surface area contributed by atoms with E-state index in [0.29, 0.717) is 16.9 Å². The van der Waals surface area contributed by atoms with Crippen molar-refractivity contribution in [1.29, 1.82) is 0 Å². The summed E-state index contributed by atoms with van der Waals surface area (Å²) < 4.78 is 0. The summed E-state index contributed by atoms with van der Waals surface area (Å²) in [5.41, 5.74) is 1.06. The van der Waals surface area contributed by atoms with Crippen molar-refractivity contribution < 1.29 is 9.90 Å².